The molecule has 0 radical (unpaired) electrons. The van der Waals surface area contributed by atoms with Crippen molar-refractivity contribution in [1.29, 1.82) is 0 Å². The third-order valence-electron chi connectivity index (χ3n) is 2.79. The first-order valence-corrected chi connectivity index (χ1v) is 6.67. The molecule has 0 N–H and O–H groups in total. The quantitative estimate of drug-likeness (QED) is 0.673. The molecule has 0 saturated heterocycles. The number of halogens is 2. The maximum Gasteiger partial charge on any atom is 0.193 e. The van der Waals surface area contributed by atoms with E-state index < -0.39 is 11.6 Å². The molecule has 3 rings (SSSR count). The Kier molecular flexibility index (Phi) is 3.31. The van der Waals surface area contributed by atoms with Gasteiger partial charge in [0, 0.05) is 17.3 Å². The van der Waals surface area contributed by atoms with Crippen LogP contribution in [-0.4, -0.2) is 15.0 Å². The second-order valence-corrected chi connectivity index (χ2v) is 5.15. The Labute approximate surface area is 118 Å². The molecule has 0 aliphatic carbocycles. The summed E-state index contributed by atoms with van der Waals surface area (Å²) in [6.07, 6.45) is 3.29. The molecule has 0 bridgehead atoms. The van der Waals surface area contributed by atoms with Crippen LogP contribution in [-0.2, 0) is 0 Å². The summed E-state index contributed by atoms with van der Waals surface area (Å²) >= 11 is 0.992. The molecule has 0 unspecified atom stereocenters. The number of benzene rings is 1. The third-order valence-corrected chi connectivity index (χ3v) is 3.69. The Hall–Kier alpha value is -2.08. The fraction of sp³-hybridized carbons (Fsp3) is 0.0714. The lowest BCUT2D eigenvalue weighted by Gasteiger charge is -2.05. The van der Waals surface area contributed by atoms with E-state index in [1.807, 2.05) is 13.0 Å². The number of nitrogens with zero attached hydrogens (tertiary/aromatic N) is 3. The largest absolute Gasteiger partial charge is 0.262 e. The predicted octanol–water partition coefficient (Wildman–Crippen LogP) is 3.76. The van der Waals surface area contributed by atoms with Gasteiger partial charge in [0.15, 0.2) is 16.8 Å². The summed E-state index contributed by atoms with van der Waals surface area (Å²) in [4.78, 5) is 12.8. The summed E-state index contributed by atoms with van der Waals surface area (Å²) in [6.45, 7) is 1.84. The van der Waals surface area contributed by atoms with Crippen molar-refractivity contribution in [3.8, 4) is 0 Å². The van der Waals surface area contributed by atoms with Crippen LogP contribution >= 0.6 is 11.8 Å². The van der Waals surface area contributed by atoms with Crippen molar-refractivity contribution in [3.63, 3.8) is 0 Å². The van der Waals surface area contributed by atoms with Gasteiger partial charge in [-0.2, -0.15) is 0 Å². The molecule has 2 heterocycles. The van der Waals surface area contributed by atoms with E-state index in [4.69, 9.17) is 0 Å². The first-order valence-electron chi connectivity index (χ1n) is 5.85. The number of aromatic nitrogens is 3. The van der Waals surface area contributed by atoms with Gasteiger partial charge in [-0.3, -0.25) is 4.98 Å². The number of hydrogen-bond acceptors (Lipinski definition) is 4. The first kappa shape index (κ1) is 12.9. The second-order valence-electron chi connectivity index (χ2n) is 4.14. The average Bonchev–Trinajstić information content (AvgIpc) is 2.44. The highest BCUT2D eigenvalue weighted by Gasteiger charge is 2.12. The summed E-state index contributed by atoms with van der Waals surface area (Å²) < 4.78 is 26.8. The third kappa shape index (κ3) is 2.34. The monoisotopic (exact) mass is 289 g/mol. The van der Waals surface area contributed by atoms with Gasteiger partial charge in [0.25, 0.3) is 0 Å². The molecule has 20 heavy (non-hydrogen) atoms. The highest BCUT2D eigenvalue weighted by atomic mass is 32.2. The van der Waals surface area contributed by atoms with Gasteiger partial charge in [0.05, 0.1) is 16.6 Å². The number of aryl methyl sites for hydroxylation is 1. The molecule has 0 atom stereocenters. The Balaban J connectivity index is 2.05. The fourth-order valence-corrected chi connectivity index (χ4v) is 2.68. The van der Waals surface area contributed by atoms with Crippen molar-refractivity contribution in [2.45, 2.75) is 17.0 Å². The van der Waals surface area contributed by atoms with Crippen LogP contribution in [0.25, 0.3) is 10.9 Å². The molecule has 100 valence electrons. The molecule has 2 aromatic heterocycles. The van der Waals surface area contributed by atoms with E-state index in [-0.39, 0.29) is 4.90 Å². The zero-order valence-corrected chi connectivity index (χ0v) is 11.3. The average molecular weight is 289 g/mol. The molecule has 0 aliphatic heterocycles. The Morgan fingerprint density at radius 1 is 1.10 bits per heavy atom. The first-order chi connectivity index (χ1) is 9.65. The molecule has 3 aromatic rings. The van der Waals surface area contributed by atoms with Gasteiger partial charge in [0.1, 0.15) is 0 Å². The van der Waals surface area contributed by atoms with Gasteiger partial charge in [0.2, 0.25) is 0 Å². The van der Waals surface area contributed by atoms with Crippen molar-refractivity contribution in [2.24, 2.45) is 0 Å². The van der Waals surface area contributed by atoms with Crippen molar-refractivity contribution >= 4 is 22.7 Å². The zero-order chi connectivity index (χ0) is 14.1. The van der Waals surface area contributed by atoms with Crippen molar-refractivity contribution in [2.75, 3.05) is 0 Å². The number of hydrogen-bond donors (Lipinski definition) is 0. The SMILES string of the molecule is Cc1nc(Sc2cccc(F)c2F)nc2cnccc12. The van der Waals surface area contributed by atoms with E-state index in [0.717, 1.165) is 28.9 Å². The van der Waals surface area contributed by atoms with Crippen LogP contribution in [0, 0.1) is 18.6 Å². The summed E-state index contributed by atoms with van der Waals surface area (Å²) in [6, 6.07) is 5.85. The Bertz CT molecular complexity index is 792. The Morgan fingerprint density at radius 2 is 1.95 bits per heavy atom. The lowest BCUT2D eigenvalue weighted by Crippen LogP contribution is -1.94. The number of rotatable bonds is 2. The summed E-state index contributed by atoms with van der Waals surface area (Å²) in [7, 11) is 0. The normalized spacial score (nSPS) is 10.9. The van der Waals surface area contributed by atoms with E-state index in [1.54, 1.807) is 12.4 Å². The summed E-state index contributed by atoms with van der Waals surface area (Å²) in [5.74, 6) is -1.76. The van der Waals surface area contributed by atoms with Crippen LogP contribution in [0.1, 0.15) is 5.69 Å². The molecule has 6 heteroatoms. The maximum absolute atomic E-state index is 13.6. The molecule has 3 nitrogen and oxygen atoms in total. The van der Waals surface area contributed by atoms with Crippen LogP contribution in [0.5, 0.6) is 0 Å². The van der Waals surface area contributed by atoms with Crippen LogP contribution in [0.15, 0.2) is 46.7 Å². The number of fused-ring (bicyclic) bond motifs is 1. The van der Waals surface area contributed by atoms with Gasteiger partial charge >= 0.3 is 0 Å². The molecular formula is C14H9F2N3S. The predicted molar refractivity (Wildman–Crippen MR) is 72.6 cm³/mol. The standard InChI is InChI=1S/C14H9F2N3S/c1-8-9-5-6-17-7-11(9)19-14(18-8)20-12-4-2-3-10(15)13(12)16/h2-7H,1H3. The lowest BCUT2D eigenvalue weighted by molar-refractivity contribution is 0.491. The van der Waals surface area contributed by atoms with Crippen molar-refractivity contribution in [3.05, 3.63) is 54.0 Å². The van der Waals surface area contributed by atoms with Crippen LogP contribution in [0.2, 0.25) is 0 Å². The van der Waals surface area contributed by atoms with Gasteiger partial charge in [-0.1, -0.05) is 6.07 Å². The second kappa shape index (κ2) is 5.13. The van der Waals surface area contributed by atoms with Gasteiger partial charge in [-0.25, -0.2) is 18.7 Å². The van der Waals surface area contributed by atoms with E-state index in [2.05, 4.69) is 15.0 Å². The Morgan fingerprint density at radius 3 is 2.80 bits per heavy atom. The molecular weight excluding hydrogens is 280 g/mol. The van der Waals surface area contributed by atoms with Gasteiger partial charge in [-0.05, 0) is 36.9 Å². The highest BCUT2D eigenvalue weighted by molar-refractivity contribution is 7.99. The number of pyridine rings is 1. The minimum absolute atomic E-state index is 0.160. The maximum atomic E-state index is 13.6. The van der Waals surface area contributed by atoms with Crippen molar-refractivity contribution in [1.82, 2.24) is 15.0 Å². The van der Waals surface area contributed by atoms with Crippen LogP contribution < -0.4 is 0 Å². The molecule has 0 spiro atoms. The van der Waals surface area contributed by atoms with Gasteiger partial charge < -0.3 is 0 Å². The van der Waals surface area contributed by atoms with Crippen LogP contribution in [0.3, 0.4) is 0 Å². The summed E-state index contributed by atoms with van der Waals surface area (Å²) in [5.41, 5.74) is 1.45. The topological polar surface area (TPSA) is 38.7 Å². The molecule has 0 saturated carbocycles. The van der Waals surface area contributed by atoms with Crippen molar-refractivity contribution < 1.29 is 8.78 Å². The van der Waals surface area contributed by atoms with E-state index in [1.165, 1.54) is 12.1 Å². The molecule has 0 aliphatic rings. The molecule has 0 amide bonds. The fourth-order valence-electron chi connectivity index (χ4n) is 1.82. The highest BCUT2D eigenvalue weighted by Crippen LogP contribution is 2.29. The van der Waals surface area contributed by atoms with E-state index >= 15 is 0 Å². The minimum Gasteiger partial charge on any atom is -0.262 e. The molecule has 0 fully saturated rings. The summed E-state index contributed by atoms with van der Waals surface area (Å²) in [5, 5.41) is 1.26. The van der Waals surface area contributed by atoms with Crippen LogP contribution in [0.4, 0.5) is 8.78 Å². The smallest absolute Gasteiger partial charge is 0.193 e. The minimum atomic E-state index is -0.884. The van der Waals surface area contributed by atoms with E-state index in [9.17, 15) is 8.78 Å². The van der Waals surface area contributed by atoms with E-state index in [0.29, 0.717) is 10.7 Å². The lowest BCUT2D eigenvalue weighted by atomic mass is 10.2. The van der Waals surface area contributed by atoms with Gasteiger partial charge in [-0.15, -0.1) is 0 Å². The molecule has 1 aromatic carbocycles. The zero-order valence-electron chi connectivity index (χ0n) is 10.5.